The Morgan fingerprint density at radius 3 is 2.78 bits per heavy atom. The lowest BCUT2D eigenvalue weighted by molar-refractivity contribution is -0.0207. The van der Waals surface area contributed by atoms with Crippen molar-refractivity contribution in [2.75, 3.05) is 11.9 Å². The highest BCUT2D eigenvalue weighted by molar-refractivity contribution is 5.82. The van der Waals surface area contributed by atoms with Gasteiger partial charge in [0.25, 0.3) is 0 Å². The lowest BCUT2D eigenvalue weighted by Crippen LogP contribution is -2.23. The highest BCUT2D eigenvalue weighted by atomic mass is 16.5. The first-order valence-electron chi connectivity index (χ1n) is 8.55. The van der Waals surface area contributed by atoms with Crippen LogP contribution in [0.25, 0.3) is 11.2 Å². The van der Waals surface area contributed by atoms with Gasteiger partial charge in [-0.15, -0.1) is 0 Å². The molecular weight excluding hydrogens is 294 g/mol. The largest absolute Gasteiger partial charge is 0.394 e. The molecule has 0 aromatic carbocycles. The van der Waals surface area contributed by atoms with E-state index < -0.39 is 0 Å². The van der Waals surface area contributed by atoms with Gasteiger partial charge in [-0.05, 0) is 25.7 Å². The van der Waals surface area contributed by atoms with Gasteiger partial charge in [-0.25, -0.2) is 15.0 Å². The molecule has 2 N–H and O–H groups in total. The summed E-state index contributed by atoms with van der Waals surface area (Å²) in [5.41, 5.74) is 1.59. The molecule has 0 bridgehead atoms. The fourth-order valence-corrected chi connectivity index (χ4v) is 3.63. The average molecular weight is 317 g/mol. The number of anilines is 1. The normalized spacial score (nSPS) is 26.0. The fraction of sp³-hybridized carbons (Fsp3) is 0.688. The number of rotatable bonds is 4. The third kappa shape index (κ3) is 2.90. The topological polar surface area (TPSA) is 85.1 Å². The molecule has 4 rings (SSSR count). The summed E-state index contributed by atoms with van der Waals surface area (Å²) in [5, 5.41) is 12.8. The van der Waals surface area contributed by atoms with Gasteiger partial charge in [-0.2, -0.15) is 0 Å². The molecule has 2 aliphatic rings. The molecule has 2 aromatic rings. The number of aliphatic hydroxyl groups is 1. The molecule has 124 valence electrons. The van der Waals surface area contributed by atoms with Gasteiger partial charge in [-0.1, -0.05) is 19.3 Å². The van der Waals surface area contributed by atoms with Crippen molar-refractivity contribution < 1.29 is 9.84 Å². The van der Waals surface area contributed by atoms with Crippen LogP contribution >= 0.6 is 0 Å². The lowest BCUT2D eigenvalue weighted by atomic mass is 9.95. The second-order valence-electron chi connectivity index (χ2n) is 6.50. The molecule has 7 heteroatoms. The molecule has 23 heavy (non-hydrogen) atoms. The number of aromatic nitrogens is 4. The molecule has 0 amide bonds. The van der Waals surface area contributed by atoms with Crippen molar-refractivity contribution in [1.82, 2.24) is 19.5 Å². The van der Waals surface area contributed by atoms with Crippen LogP contribution in [0.4, 0.5) is 5.82 Å². The van der Waals surface area contributed by atoms with Crippen LogP contribution in [0, 0.1) is 0 Å². The maximum atomic E-state index is 9.24. The monoisotopic (exact) mass is 317 g/mol. The minimum absolute atomic E-state index is 0.0621. The third-order valence-corrected chi connectivity index (χ3v) is 4.90. The van der Waals surface area contributed by atoms with E-state index in [4.69, 9.17) is 4.74 Å². The Hall–Kier alpha value is -1.73. The first-order chi connectivity index (χ1) is 11.3. The van der Waals surface area contributed by atoms with Crippen LogP contribution < -0.4 is 5.32 Å². The Bertz CT molecular complexity index is 668. The quantitative estimate of drug-likeness (QED) is 0.899. The molecule has 1 aliphatic carbocycles. The van der Waals surface area contributed by atoms with Crippen LogP contribution in [-0.2, 0) is 4.74 Å². The van der Waals surface area contributed by atoms with Gasteiger partial charge in [-0.3, -0.25) is 4.57 Å². The van der Waals surface area contributed by atoms with Crippen molar-refractivity contribution in [3.63, 3.8) is 0 Å². The van der Waals surface area contributed by atoms with Crippen molar-refractivity contribution in [1.29, 1.82) is 0 Å². The number of hydrogen-bond donors (Lipinski definition) is 2. The minimum Gasteiger partial charge on any atom is -0.394 e. The van der Waals surface area contributed by atoms with E-state index in [1.54, 1.807) is 12.7 Å². The maximum absolute atomic E-state index is 9.24. The van der Waals surface area contributed by atoms with E-state index in [1.807, 2.05) is 4.57 Å². The van der Waals surface area contributed by atoms with E-state index in [0.29, 0.717) is 6.04 Å². The number of nitrogens with zero attached hydrogens (tertiary/aromatic N) is 4. The fourth-order valence-electron chi connectivity index (χ4n) is 3.63. The number of fused-ring (bicyclic) bond motifs is 1. The zero-order valence-corrected chi connectivity index (χ0v) is 13.2. The van der Waals surface area contributed by atoms with Gasteiger partial charge in [0.2, 0.25) is 0 Å². The van der Waals surface area contributed by atoms with E-state index >= 15 is 0 Å². The van der Waals surface area contributed by atoms with Gasteiger partial charge >= 0.3 is 0 Å². The molecule has 0 spiro atoms. The molecule has 2 aromatic heterocycles. The predicted molar refractivity (Wildman–Crippen MR) is 86.0 cm³/mol. The predicted octanol–water partition coefficient (Wildman–Crippen LogP) is 2.24. The van der Waals surface area contributed by atoms with Crippen LogP contribution in [0.1, 0.15) is 51.2 Å². The van der Waals surface area contributed by atoms with Crippen molar-refractivity contribution >= 4 is 17.0 Å². The summed E-state index contributed by atoms with van der Waals surface area (Å²) < 4.78 is 7.80. The summed E-state index contributed by atoms with van der Waals surface area (Å²) in [6.45, 7) is 0.0621. The number of aliphatic hydroxyl groups excluding tert-OH is 1. The van der Waals surface area contributed by atoms with E-state index in [2.05, 4.69) is 20.3 Å². The number of imidazole rings is 1. The smallest absolute Gasteiger partial charge is 0.167 e. The Labute approximate surface area is 135 Å². The first-order valence-corrected chi connectivity index (χ1v) is 8.55. The molecule has 1 aliphatic heterocycles. The summed E-state index contributed by atoms with van der Waals surface area (Å²) in [7, 11) is 0. The summed E-state index contributed by atoms with van der Waals surface area (Å²) >= 11 is 0. The molecular formula is C16H23N5O2. The first kappa shape index (κ1) is 14.8. The second-order valence-corrected chi connectivity index (χ2v) is 6.50. The molecule has 2 atom stereocenters. The lowest BCUT2D eigenvalue weighted by Gasteiger charge is -2.23. The molecule has 2 unspecified atom stereocenters. The van der Waals surface area contributed by atoms with Crippen LogP contribution in [0.2, 0.25) is 0 Å². The number of hydrogen-bond acceptors (Lipinski definition) is 6. The van der Waals surface area contributed by atoms with Crippen LogP contribution in [0.3, 0.4) is 0 Å². The third-order valence-electron chi connectivity index (χ3n) is 4.90. The zero-order chi connectivity index (χ0) is 15.6. The van der Waals surface area contributed by atoms with Gasteiger partial charge in [0.1, 0.15) is 12.6 Å². The summed E-state index contributed by atoms with van der Waals surface area (Å²) in [5.74, 6) is 0.817. The van der Waals surface area contributed by atoms with Gasteiger partial charge < -0.3 is 15.2 Å². The number of ether oxygens (including phenoxy) is 1. The minimum atomic E-state index is -0.102. The standard InChI is InChI=1S/C16H23N5O2/c22-8-12-6-7-13(23-12)21-10-19-14-15(17-9-18-16(14)21)20-11-4-2-1-3-5-11/h9-13,22H,1-8H2,(H,17,18,20). The molecule has 2 fully saturated rings. The zero-order valence-electron chi connectivity index (χ0n) is 13.2. The Morgan fingerprint density at radius 2 is 2.00 bits per heavy atom. The van der Waals surface area contributed by atoms with Crippen molar-refractivity contribution in [3.05, 3.63) is 12.7 Å². The van der Waals surface area contributed by atoms with Crippen molar-refractivity contribution in [2.24, 2.45) is 0 Å². The van der Waals surface area contributed by atoms with Crippen molar-refractivity contribution in [2.45, 2.75) is 63.3 Å². The van der Waals surface area contributed by atoms with Crippen LogP contribution in [0.5, 0.6) is 0 Å². The Morgan fingerprint density at radius 1 is 1.13 bits per heavy atom. The maximum Gasteiger partial charge on any atom is 0.167 e. The SMILES string of the molecule is OCC1CCC(n2cnc3c(NC4CCCCC4)ncnc32)O1. The Kier molecular flexibility index (Phi) is 4.13. The van der Waals surface area contributed by atoms with Crippen molar-refractivity contribution in [3.8, 4) is 0 Å². The summed E-state index contributed by atoms with van der Waals surface area (Å²) in [6, 6.07) is 0.480. The summed E-state index contributed by atoms with van der Waals surface area (Å²) in [4.78, 5) is 13.3. The molecule has 7 nitrogen and oxygen atoms in total. The van der Waals surface area contributed by atoms with Gasteiger partial charge in [0, 0.05) is 6.04 Å². The van der Waals surface area contributed by atoms with E-state index in [-0.39, 0.29) is 18.9 Å². The Balaban J connectivity index is 1.59. The van der Waals surface area contributed by atoms with Crippen LogP contribution in [-0.4, -0.2) is 43.4 Å². The molecule has 3 heterocycles. The molecule has 0 radical (unpaired) electrons. The average Bonchev–Trinajstić information content (AvgIpc) is 3.22. The summed E-state index contributed by atoms with van der Waals surface area (Å²) in [6.07, 6.45) is 11.2. The highest BCUT2D eigenvalue weighted by Crippen LogP contribution is 2.31. The molecule has 1 saturated carbocycles. The molecule has 1 saturated heterocycles. The van der Waals surface area contributed by atoms with Gasteiger partial charge in [0.05, 0.1) is 19.0 Å². The number of nitrogens with one attached hydrogen (secondary N) is 1. The van der Waals surface area contributed by atoms with Gasteiger partial charge in [0.15, 0.2) is 17.0 Å². The van der Waals surface area contributed by atoms with E-state index in [1.165, 1.54) is 32.1 Å². The van der Waals surface area contributed by atoms with E-state index in [0.717, 1.165) is 29.8 Å². The van der Waals surface area contributed by atoms with E-state index in [9.17, 15) is 5.11 Å². The second kappa shape index (κ2) is 6.41. The highest BCUT2D eigenvalue weighted by Gasteiger charge is 2.28. The van der Waals surface area contributed by atoms with Crippen LogP contribution in [0.15, 0.2) is 12.7 Å².